The number of rotatable bonds is 9. The summed E-state index contributed by atoms with van der Waals surface area (Å²) in [6, 6.07) is 12.8. The van der Waals surface area contributed by atoms with Crippen molar-refractivity contribution < 1.29 is 4.74 Å². The number of hydrogen-bond donors (Lipinski definition) is 1. The summed E-state index contributed by atoms with van der Waals surface area (Å²) in [5.41, 5.74) is 0.402. The molecule has 1 aromatic carbocycles. The molecule has 116 valence electrons. The van der Waals surface area contributed by atoms with E-state index >= 15 is 0 Å². The van der Waals surface area contributed by atoms with E-state index in [1.165, 1.54) is 0 Å². The maximum absolute atomic E-state index is 9.76. The van der Waals surface area contributed by atoms with Gasteiger partial charge in [0.25, 0.3) is 0 Å². The maximum atomic E-state index is 9.76. The number of benzene rings is 1. The third-order valence-corrected chi connectivity index (χ3v) is 3.94. The lowest BCUT2D eigenvalue weighted by Gasteiger charge is -2.32. The Morgan fingerprint density at radius 3 is 2.57 bits per heavy atom. The zero-order chi connectivity index (χ0) is 15.7. The predicted molar refractivity (Wildman–Crippen MR) is 86.0 cm³/mol. The van der Waals surface area contributed by atoms with Crippen molar-refractivity contribution >= 4 is 0 Å². The van der Waals surface area contributed by atoms with Crippen LogP contribution in [0.15, 0.2) is 30.3 Å². The standard InChI is InChI=1S/C17H27N3O/c1-5-19-17(14-18,16-9-7-6-8-10-16)11-12-20(3)15(2)13-21-4/h6-10,15,19H,5,11-13H2,1-4H3. The minimum atomic E-state index is -0.628. The minimum absolute atomic E-state index is 0.337. The van der Waals surface area contributed by atoms with Gasteiger partial charge < -0.3 is 9.64 Å². The fourth-order valence-corrected chi connectivity index (χ4v) is 2.45. The number of hydrogen-bond acceptors (Lipinski definition) is 4. The van der Waals surface area contributed by atoms with Crippen molar-refractivity contribution in [2.75, 3.05) is 33.9 Å². The smallest absolute Gasteiger partial charge is 0.133 e. The van der Waals surface area contributed by atoms with Gasteiger partial charge in [-0.05, 0) is 32.5 Å². The van der Waals surface area contributed by atoms with Gasteiger partial charge in [0.15, 0.2) is 0 Å². The summed E-state index contributed by atoms with van der Waals surface area (Å²) in [6.07, 6.45) is 0.742. The van der Waals surface area contributed by atoms with Crippen LogP contribution in [0, 0.1) is 11.3 Å². The molecule has 1 aromatic rings. The van der Waals surface area contributed by atoms with Crippen molar-refractivity contribution in [2.45, 2.75) is 31.8 Å². The Morgan fingerprint density at radius 2 is 2.05 bits per heavy atom. The van der Waals surface area contributed by atoms with E-state index in [-0.39, 0.29) is 0 Å². The minimum Gasteiger partial charge on any atom is -0.383 e. The fourth-order valence-electron chi connectivity index (χ4n) is 2.45. The van der Waals surface area contributed by atoms with Gasteiger partial charge in [-0.25, -0.2) is 0 Å². The third-order valence-electron chi connectivity index (χ3n) is 3.94. The molecular weight excluding hydrogens is 262 g/mol. The van der Waals surface area contributed by atoms with Gasteiger partial charge in [0.05, 0.1) is 12.7 Å². The zero-order valence-corrected chi connectivity index (χ0v) is 13.6. The van der Waals surface area contributed by atoms with E-state index in [0.717, 1.165) is 25.1 Å². The molecule has 2 atom stereocenters. The molecule has 0 saturated carbocycles. The first-order chi connectivity index (χ1) is 10.1. The molecule has 0 radical (unpaired) electrons. The van der Waals surface area contributed by atoms with E-state index in [9.17, 15) is 5.26 Å². The highest BCUT2D eigenvalue weighted by molar-refractivity contribution is 5.31. The monoisotopic (exact) mass is 289 g/mol. The molecule has 0 saturated heterocycles. The van der Waals surface area contributed by atoms with E-state index in [2.05, 4.69) is 30.3 Å². The van der Waals surface area contributed by atoms with Gasteiger partial charge in [-0.3, -0.25) is 5.32 Å². The van der Waals surface area contributed by atoms with Crippen molar-refractivity contribution in [1.29, 1.82) is 5.26 Å². The Morgan fingerprint density at radius 1 is 1.38 bits per heavy atom. The lowest BCUT2D eigenvalue weighted by molar-refractivity contribution is 0.110. The second kappa shape index (κ2) is 8.78. The van der Waals surface area contributed by atoms with E-state index in [1.54, 1.807) is 7.11 Å². The normalized spacial score (nSPS) is 15.4. The fraction of sp³-hybridized carbons (Fsp3) is 0.588. The summed E-state index contributed by atoms with van der Waals surface area (Å²) >= 11 is 0. The summed E-state index contributed by atoms with van der Waals surface area (Å²) in [5.74, 6) is 0. The molecule has 0 bridgehead atoms. The van der Waals surface area contributed by atoms with Gasteiger partial charge in [0.2, 0.25) is 0 Å². The summed E-state index contributed by atoms with van der Waals surface area (Å²) in [5, 5.41) is 13.1. The predicted octanol–water partition coefficient (Wildman–Crippen LogP) is 2.37. The van der Waals surface area contributed by atoms with E-state index < -0.39 is 5.54 Å². The first-order valence-electron chi connectivity index (χ1n) is 7.50. The van der Waals surface area contributed by atoms with Gasteiger partial charge in [0, 0.05) is 19.7 Å². The Balaban J connectivity index is 2.83. The molecular formula is C17H27N3O. The summed E-state index contributed by atoms with van der Waals surface area (Å²) in [7, 11) is 3.79. The average Bonchev–Trinajstić information content (AvgIpc) is 2.52. The highest BCUT2D eigenvalue weighted by Crippen LogP contribution is 2.25. The topological polar surface area (TPSA) is 48.3 Å². The lowest BCUT2D eigenvalue weighted by atomic mass is 9.87. The molecule has 0 aliphatic rings. The number of nitrogens with zero attached hydrogens (tertiary/aromatic N) is 2. The van der Waals surface area contributed by atoms with Crippen LogP contribution in [0.25, 0.3) is 0 Å². The molecule has 0 heterocycles. The van der Waals surface area contributed by atoms with E-state index in [1.807, 2.05) is 37.3 Å². The Hall–Kier alpha value is -1.41. The SMILES string of the molecule is CCNC(C#N)(CCN(C)C(C)COC)c1ccccc1. The Labute approximate surface area is 128 Å². The molecule has 0 spiro atoms. The van der Waals surface area contributed by atoms with Crippen LogP contribution in [0.2, 0.25) is 0 Å². The van der Waals surface area contributed by atoms with Crippen LogP contribution in [0.3, 0.4) is 0 Å². The second-order valence-corrected chi connectivity index (χ2v) is 5.45. The number of nitriles is 1. The summed E-state index contributed by atoms with van der Waals surface area (Å²) in [4.78, 5) is 2.23. The molecule has 2 unspecified atom stereocenters. The number of ether oxygens (including phenoxy) is 1. The molecule has 1 rings (SSSR count). The second-order valence-electron chi connectivity index (χ2n) is 5.45. The first kappa shape index (κ1) is 17.6. The van der Waals surface area contributed by atoms with Crippen molar-refractivity contribution in [1.82, 2.24) is 10.2 Å². The summed E-state index contributed by atoms with van der Waals surface area (Å²) in [6.45, 7) is 6.46. The quantitative estimate of drug-likeness (QED) is 0.758. The molecule has 4 heteroatoms. The highest BCUT2D eigenvalue weighted by Gasteiger charge is 2.31. The van der Waals surface area contributed by atoms with Crippen molar-refractivity contribution in [3.05, 3.63) is 35.9 Å². The van der Waals surface area contributed by atoms with Gasteiger partial charge in [0.1, 0.15) is 5.54 Å². The number of nitrogens with one attached hydrogen (secondary N) is 1. The maximum Gasteiger partial charge on any atom is 0.133 e. The largest absolute Gasteiger partial charge is 0.383 e. The van der Waals surface area contributed by atoms with Crippen LogP contribution in [-0.4, -0.2) is 44.8 Å². The molecule has 1 N–H and O–H groups in total. The van der Waals surface area contributed by atoms with Crippen molar-refractivity contribution in [3.63, 3.8) is 0 Å². The zero-order valence-electron chi connectivity index (χ0n) is 13.6. The average molecular weight is 289 g/mol. The number of methoxy groups -OCH3 is 1. The Bertz CT molecular complexity index is 443. The van der Waals surface area contributed by atoms with Crippen molar-refractivity contribution in [2.24, 2.45) is 0 Å². The molecule has 0 aromatic heterocycles. The van der Waals surface area contributed by atoms with Gasteiger partial charge in [-0.1, -0.05) is 37.3 Å². The Kier molecular flexibility index (Phi) is 7.38. The lowest BCUT2D eigenvalue weighted by Crippen LogP contribution is -2.45. The third kappa shape index (κ3) is 4.82. The van der Waals surface area contributed by atoms with Crippen LogP contribution in [0.1, 0.15) is 25.8 Å². The van der Waals surface area contributed by atoms with Crippen molar-refractivity contribution in [3.8, 4) is 6.07 Å². The molecule has 0 amide bonds. The molecule has 0 fully saturated rings. The number of likely N-dealkylation sites (N-methyl/N-ethyl adjacent to an activating group) is 1. The molecule has 0 aliphatic carbocycles. The van der Waals surface area contributed by atoms with E-state index in [0.29, 0.717) is 12.6 Å². The molecule has 4 nitrogen and oxygen atoms in total. The van der Waals surface area contributed by atoms with Gasteiger partial charge in [-0.15, -0.1) is 0 Å². The van der Waals surface area contributed by atoms with Crippen LogP contribution in [0.5, 0.6) is 0 Å². The van der Waals surface area contributed by atoms with Crippen LogP contribution in [0.4, 0.5) is 0 Å². The van der Waals surface area contributed by atoms with Crippen LogP contribution in [-0.2, 0) is 10.3 Å². The van der Waals surface area contributed by atoms with Gasteiger partial charge in [-0.2, -0.15) is 5.26 Å². The highest BCUT2D eigenvalue weighted by atomic mass is 16.5. The first-order valence-corrected chi connectivity index (χ1v) is 7.50. The molecule has 21 heavy (non-hydrogen) atoms. The molecule has 0 aliphatic heterocycles. The van der Waals surface area contributed by atoms with Crippen LogP contribution >= 0.6 is 0 Å². The summed E-state index contributed by atoms with van der Waals surface area (Å²) < 4.78 is 5.19. The van der Waals surface area contributed by atoms with E-state index in [4.69, 9.17) is 4.74 Å². The van der Waals surface area contributed by atoms with Crippen LogP contribution < -0.4 is 5.32 Å². The van der Waals surface area contributed by atoms with Gasteiger partial charge >= 0.3 is 0 Å².